The molecular weight excluding hydrogens is 464 g/mol. The molecule has 0 saturated heterocycles. The fourth-order valence-corrected chi connectivity index (χ4v) is 5.11. The third-order valence-electron chi connectivity index (χ3n) is 5.60. The zero-order valence-corrected chi connectivity index (χ0v) is 20.5. The van der Waals surface area contributed by atoms with Crippen molar-refractivity contribution in [1.29, 1.82) is 0 Å². The molecule has 0 radical (unpaired) electrons. The van der Waals surface area contributed by atoms with Gasteiger partial charge in [-0.15, -0.1) is 0 Å². The van der Waals surface area contributed by atoms with E-state index in [0.29, 0.717) is 28.8 Å². The van der Waals surface area contributed by atoms with Crippen molar-refractivity contribution in [1.82, 2.24) is 14.9 Å². The number of nitrogens with zero attached hydrogens (tertiary/aromatic N) is 4. The van der Waals surface area contributed by atoms with Crippen LogP contribution >= 0.6 is 22.9 Å². The predicted molar refractivity (Wildman–Crippen MR) is 142 cm³/mol. The highest BCUT2D eigenvalue weighted by Crippen LogP contribution is 2.33. The van der Waals surface area contributed by atoms with E-state index in [1.165, 1.54) is 11.3 Å². The van der Waals surface area contributed by atoms with Crippen LogP contribution in [0.15, 0.2) is 78.9 Å². The number of hydrogen-bond donors (Lipinski definition) is 0. The maximum absolute atomic E-state index is 14.1. The Morgan fingerprint density at radius 2 is 1.65 bits per heavy atom. The van der Waals surface area contributed by atoms with Crippen LogP contribution in [0, 0.1) is 0 Å². The fourth-order valence-electron chi connectivity index (χ4n) is 3.84. The highest BCUT2D eigenvalue weighted by Gasteiger charge is 2.24. The number of para-hydroxylation sites is 1. The minimum Gasteiger partial charge on any atom is -0.308 e. The predicted octanol–water partition coefficient (Wildman–Crippen LogP) is 6.37. The SMILES string of the molecule is CN(C)CCN(C(=O)c1cc(-c2ccccc2)nc2ccccc12)c1nc2ccc(Cl)cc2s1. The van der Waals surface area contributed by atoms with Gasteiger partial charge in [0.1, 0.15) is 0 Å². The van der Waals surface area contributed by atoms with Gasteiger partial charge < -0.3 is 4.90 Å². The summed E-state index contributed by atoms with van der Waals surface area (Å²) in [6.45, 7) is 1.22. The number of carbonyl (C=O) groups is 1. The minimum atomic E-state index is -0.0946. The van der Waals surface area contributed by atoms with E-state index in [2.05, 4.69) is 4.90 Å². The average Bonchev–Trinajstić information content (AvgIpc) is 3.26. The Morgan fingerprint density at radius 3 is 2.44 bits per heavy atom. The Balaban J connectivity index is 1.64. The third kappa shape index (κ3) is 4.53. The summed E-state index contributed by atoms with van der Waals surface area (Å²) < 4.78 is 0.953. The molecule has 34 heavy (non-hydrogen) atoms. The van der Waals surface area contributed by atoms with E-state index >= 15 is 0 Å². The van der Waals surface area contributed by atoms with E-state index in [0.717, 1.165) is 32.4 Å². The second kappa shape index (κ2) is 9.50. The summed E-state index contributed by atoms with van der Waals surface area (Å²) in [5, 5.41) is 2.14. The summed E-state index contributed by atoms with van der Waals surface area (Å²) in [5.74, 6) is -0.0946. The van der Waals surface area contributed by atoms with E-state index in [4.69, 9.17) is 21.6 Å². The zero-order chi connectivity index (χ0) is 23.7. The first-order valence-corrected chi connectivity index (χ1v) is 12.2. The standard InChI is InChI=1S/C27H23ClN4OS/c1-31(2)14-15-32(27-30-23-13-12-19(28)16-25(23)34-27)26(33)21-17-24(18-8-4-3-5-9-18)29-22-11-7-6-10-20(21)22/h3-13,16-17H,14-15H2,1-2H3. The molecule has 2 heterocycles. The van der Waals surface area contributed by atoms with Gasteiger partial charge in [0.05, 0.1) is 27.0 Å². The van der Waals surface area contributed by atoms with Crippen molar-refractivity contribution in [3.63, 3.8) is 0 Å². The van der Waals surface area contributed by atoms with Gasteiger partial charge in [0, 0.05) is 29.1 Å². The molecule has 0 fully saturated rings. The van der Waals surface area contributed by atoms with E-state index in [1.54, 1.807) is 4.90 Å². The minimum absolute atomic E-state index is 0.0946. The third-order valence-corrected chi connectivity index (χ3v) is 6.88. The molecular formula is C27H23ClN4OS. The van der Waals surface area contributed by atoms with Crippen molar-refractivity contribution in [2.75, 3.05) is 32.1 Å². The van der Waals surface area contributed by atoms with Crippen molar-refractivity contribution < 1.29 is 4.79 Å². The largest absolute Gasteiger partial charge is 0.308 e. The Kier molecular flexibility index (Phi) is 6.28. The summed E-state index contributed by atoms with van der Waals surface area (Å²) in [6.07, 6.45) is 0. The van der Waals surface area contributed by atoms with Crippen LogP contribution < -0.4 is 4.90 Å². The number of pyridine rings is 1. The number of halogens is 1. The molecule has 1 amide bonds. The van der Waals surface area contributed by atoms with E-state index < -0.39 is 0 Å². The molecule has 170 valence electrons. The van der Waals surface area contributed by atoms with E-state index in [9.17, 15) is 4.79 Å². The Morgan fingerprint density at radius 1 is 0.882 bits per heavy atom. The van der Waals surface area contributed by atoms with Crippen LogP contribution in [0.3, 0.4) is 0 Å². The molecule has 0 aliphatic rings. The van der Waals surface area contributed by atoms with Crippen LogP contribution in [-0.2, 0) is 0 Å². The smallest absolute Gasteiger partial charge is 0.260 e. The lowest BCUT2D eigenvalue weighted by Crippen LogP contribution is -2.37. The van der Waals surface area contributed by atoms with Crippen LogP contribution in [0.2, 0.25) is 5.02 Å². The van der Waals surface area contributed by atoms with Crippen molar-refractivity contribution in [3.05, 3.63) is 89.4 Å². The molecule has 0 aliphatic carbocycles. The van der Waals surface area contributed by atoms with Gasteiger partial charge in [0.25, 0.3) is 5.91 Å². The van der Waals surface area contributed by atoms with Crippen molar-refractivity contribution in [3.8, 4) is 11.3 Å². The number of hydrogen-bond acceptors (Lipinski definition) is 5. The van der Waals surface area contributed by atoms with Crippen LogP contribution in [0.1, 0.15) is 10.4 Å². The molecule has 5 aromatic rings. The van der Waals surface area contributed by atoms with Crippen molar-refractivity contribution in [2.45, 2.75) is 0 Å². The van der Waals surface area contributed by atoms with E-state index in [-0.39, 0.29) is 5.91 Å². The molecule has 0 N–H and O–H groups in total. The molecule has 0 atom stereocenters. The highest BCUT2D eigenvalue weighted by molar-refractivity contribution is 7.22. The first-order chi connectivity index (χ1) is 16.5. The highest BCUT2D eigenvalue weighted by atomic mass is 35.5. The number of thiazole rings is 1. The first kappa shape index (κ1) is 22.5. The molecule has 0 aliphatic heterocycles. The number of fused-ring (bicyclic) bond motifs is 2. The van der Waals surface area contributed by atoms with Crippen LogP contribution in [0.25, 0.3) is 32.4 Å². The van der Waals surface area contributed by atoms with Gasteiger partial charge in [-0.25, -0.2) is 9.97 Å². The van der Waals surface area contributed by atoms with Gasteiger partial charge >= 0.3 is 0 Å². The maximum Gasteiger partial charge on any atom is 0.260 e. The zero-order valence-electron chi connectivity index (χ0n) is 18.9. The number of carbonyl (C=O) groups excluding carboxylic acids is 1. The van der Waals surface area contributed by atoms with Crippen LogP contribution in [0.5, 0.6) is 0 Å². The van der Waals surface area contributed by atoms with Crippen LogP contribution in [0.4, 0.5) is 5.13 Å². The first-order valence-electron chi connectivity index (χ1n) is 11.0. The summed E-state index contributed by atoms with van der Waals surface area (Å²) in [7, 11) is 3.99. The van der Waals surface area contributed by atoms with E-state index in [1.807, 2.05) is 93.0 Å². The van der Waals surface area contributed by atoms with Crippen molar-refractivity contribution in [2.24, 2.45) is 0 Å². The van der Waals surface area contributed by atoms with Gasteiger partial charge in [-0.05, 0) is 44.4 Å². The number of likely N-dealkylation sites (N-methyl/N-ethyl adjacent to an activating group) is 1. The Hall–Kier alpha value is -3.32. The molecule has 2 aromatic heterocycles. The van der Waals surface area contributed by atoms with Gasteiger partial charge in [-0.3, -0.25) is 9.69 Å². The van der Waals surface area contributed by atoms with Gasteiger partial charge in [0.15, 0.2) is 5.13 Å². The number of amides is 1. The molecule has 7 heteroatoms. The fraction of sp³-hybridized carbons (Fsp3) is 0.148. The average molecular weight is 487 g/mol. The molecule has 5 nitrogen and oxygen atoms in total. The monoisotopic (exact) mass is 486 g/mol. The number of anilines is 1. The van der Waals surface area contributed by atoms with Gasteiger partial charge in [-0.2, -0.15) is 0 Å². The van der Waals surface area contributed by atoms with Gasteiger partial charge in [-0.1, -0.05) is 71.5 Å². The van der Waals surface area contributed by atoms with Crippen molar-refractivity contribution >= 4 is 55.1 Å². The number of rotatable bonds is 6. The normalized spacial score (nSPS) is 11.4. The summed E-state index contributed by atoms with van der Waals surface area (Å²) in [6, 6.07) is 25.2. The number of benzene rings is 3. The molecule has 5 rings (SSSR count). The Labute approximate surface area is 207 Å². The maximum atomic E-state index is 14.1. The molecule has 0 spiro atoms. The summed E-state index contributed by atoms with van der Waals surface area (Å²) in [5.41, 5.74) is 3.97. The molecule has 0 unspecified atom stereocenters. The molecule has 0 bridgehead atoms. The number of aromatic nitrogens is 2. The van der Waals surface area contributed by atoms with Gasteiger partial charge in [0.2, 0.25) is 0 Å². The topological polar surface area (TPSA) is 49.3 Å². The summed E-state index contributed by atoms with van der Waals surface area (Å²) >= 11 is 7.67. The lowest BCUT2D eigenvalue weighted by molar-refractivity contribution is 0.0986. The second-order valence-electron chi connectivity index (χ2n) is 8.31. The van der Waals surface area contributed by atoms with Crippen LogP contribution in [-0.4, -0.2) is 48.0 Å². The molecule has 3 aromatic carbocycles. The Bertz CT molecular complexity index is 1480. The summed E-state index contributed by atoms with van der Waals surface area (Å²) in [4.78, 5) is 27.6. The lowest BCUT2D eigenvalue weighted by atomic mass is 10.0. The molecule has 0 saturated carbocycles. The quantitative estimate of drug-likeness (QED) is 0.279. The lowest BCUT2D eigenvalue weighted by Gasteiger charge is -2.23. The second-order valence-corrected chi connectivity index (χ2v) is 9.75.